The highest BCUT2D eigenvalue weighted by molar-refractivity contribution is 5.43. The van der Waals surface area contributed by atoms with E-state index in [1.165, 1.54) is 12.8 Å². The highest BCUT2D eigenvalue weighted by Gasteiger charge is 2.22. The summed E-state index contributed by atoms with van der Waals surface area (Å²) in [6, 6.07) is 3.93. The van der Waals surface area contributed by atoms with Gasteiger partial charge in [0.15, 0.2) is 0 Å². The average molecular weight is 363 g/mol. The van der Waals surface area contributed by atoms with Gasteiger partial charge >= 0.3 is 6.61 Å². The molecule has 4 nitrogen and oxygen atoms in total. The molecule has 1 aliphatic rings. The zero-order chi connectivity index (χ0) is 18.7. The Morgan fingerprint density at radius 1 is 1.27 bits per heavy atom. The summed E-state index contributed by atoms with van der Waals surface area (Å²) in [5, 5.41) is 0. The van der Waals surface area contributed by atoms with E-state index in [-0.39, 0.29) is 0 Å². The number of benzene rings is 1. The fourth-order valence-corrected chi connectivity index (χ4v) is 3.98. The first-order valence-corrected chi connectivity index (χ1v) is 9.16. The van der Waals surface area contributed by atoms with Crippen molar-refractivity contribution in [3.63, 3.8) is 0 Å². The van der Waals surface area contributed by atoms with Gasteiger partial charge in [-0.25, -0.2) is 4.98 Å². The van der Waals surface area contributed by atoms with Crippen LogP contribution in [-0.4, -0.2) is 34.2 Å². The van der Waals surface area contributed by atoms with Gasteiger partial charge in [-0.1, -0.05) is 12.1 Å². The Morgan fingerprint density at radius 3 is 2.62 bits per heavy atom. The second-order valence-corrected chi connectivity index (χ2v) is 7.34. The van der Waals surface area contributed by atoms with Crippen LogP contribution in [-0.2, 0) is 20.0 Å². The first kappa shape index (κ1) is 18.8. The van der Waals surface area contributed by atoms with Gasteiger partial charge in [0.05, 0.1) is 0 Å². The van der Waals surface area contributed by atoms with E-state index in [4.69, 9.17) is 0 Å². The van der Waals surface area contributed by atoms with E-state index in [0.717, 1.165) is 48.6 Å². The minimum absolute atomic E-state index is 0.301. The van der Waals surface area contributed by atoms with Crippen LogP contribution in [0.15, 0.2) is 24.5 Å². The Balaban J connectivity index is 1.64. The van der Waals surface area contributed by atoms with Crippen molar-refractivity contribution in [2.24, 2.45) is 13.0 Å². The van der Waals surface area contributed by atoms with Crippen LogP contribution < -0.4 is 4.74 Å². The van der Waals surface area contributed by atoms with Crippen molar-refractivity contribution in [3.05, 3.63) is 47.0 Å². The Labute approximate surface area is 153 Å². The molecule has 1 fully saturated rings. The zero-order valence-corrected chi connectivity index (χ0v) is 15.7. The fraction of sp³-hybridized carbons (Fsp3) is 0.550. The Bertz CT molecular complexity index is 721. The molecule has 0 saturated carbocycles. The summed E-state index contributed by atoms with van der Waals surface area (Å²) in [6.45, 7) is 3.83. The van der Waals surface area contributed by atoms with E-state index in [1.807, 2.05) is 45.4 Å². The lowest BCUT2D eigenvalue weighted by atomic mass is 9.94. The number of ether oxygens (including phenoxy) is 1. The summed E-state index contributed by atoms with van der Waals surface area (Å²) < 4.78 is 31.8. The van der Waals surface area contributed by atoms with Crippen LogP contribution in [0.4, 0.5) is 8.78 Å². The van der Waals surface area contributed by atoms with Crippen LogP contribution in [0.5, 0.6) is 5.75 Å². The number of aromatic nitrogens is 2. The van der Waals surface area contributed by atoms with Gasteiger partial charge < -0.3 is 9.30 Å². The van der Waals surface area contributed by atoms with Crippen LogP contribution in [0.2, 0.25) is 0 Å². The molecule has 0 amide bonds. The standard InChI is InChI=1S/C20H27F2N3O/c1-14-9-17(10-15(2)19(14)26-20(21)22)13-25-7-4-5-16(12-25)11-18-23-6-8-24(18)3/h6,8-10,16,20H,4-5,7,11-13H2,1-3H3. The predicted molar refractivity (Wildman–Crippen MR) is 97.5 cm³/mol. The van der Waals surface area contributed by atoms with Gasteiger partial charge in [-0.3, -0.25) is 4.90 Å². The van der Waals surface area contributed by atoms with Crippen molar-refractivity contribution in [1.82, 2.24) is 14.5 Å². The summed E-state index contributed by atoms with van der Waals surface area (Å²) in [5.41, 5.74) is 2.68. The predicted octanol–water partition coefficient (Wildman–Crippen LogP) is 4.09. The van der Waals surface area contributed by atoms with Gasteiger partial charge in [-0.2, -0.15) is 8.78 Å². The van der Waals surface area contributed by atoms with Gasteiger partial charge in [-0.15, -0.1) is 0 Å². The molecular weight excluding hydrogens is 336 g/mol. The number of halogens is 2. The van der Waals surface area contributed by atoms with Crippen molar-refractivity contribution < 1.29 is 13.5 Å². The van der Waals surface area contributed by atoms with Gasteiger partial charge in [0.1, 0.15) is 11.6 Å². The SMILES string of the molecule is Cc1cc(CN2CCCC(Cc3nccn3C)C2)cc(C)c1OC(F)F. The number of hydrogen-bond acceptors (Lipinski definition) is 3. The first-order valence-electron chi connectivity index (χ1n) is 9.16. The average Bonchev–Trinajstić information content (AvgIpc) is 2.96. The van der Waals surface area contributed by atoms with Gasteiger partial charge in [-0.05, 0) is 55.8 Å². The molecule has 1 aromatic carbocycles. The lowest BCUT2D eigenvalue weighted by Gasteiger charge is -2.33. The number of imidazole rings is 1. The van der Waals surface area contributed by atoms with Crippen LogP contribution in [0, 0.1) is 19.8 Å². The maximum Gasteiger partial charge on any atom is 0.387 e. The topological polar surface area (TPSA) is 30.3 Å². The van der Waals surface area contributed by atoms with Crippen LogP contribution in [0.3, 0.4) is 0 Å². The molecule has 0 radical (unpaired) electrons. The molecule has 1 atom stereocenters. The summed E-state index contributed by atoms with van der Waals surface area (Å²) >= 11 is 0. The normalized spacial score (nSPS) is 18.5. The molecule has 0 spiro atoms. The van der Waals surface area contributed by atoms with E-state index >= 15 is 0 Å². The van der Waals surface area contributed by atoms with Crippen molar-refractivity contribution >= 4 is 0 Å². The summed E-state index contributed by atoms with van der Waals surface area (Å²) in [7, 11) is 2.04. The van der Waals surface area contributed by atoms with Gasteiger partial charge in [0, 0.05) is 39.0 Å². The zero-order valence-electron chi connectivity index (χ0n) is 15.7. The number of hydrogen-bond donors (Lipinski definition) is 0. The Morgan fingerprint density at radius 2 is 2.00 bits per heavy atom. The molecule has 0 aliphatic carbocycles. The number of likely N-dealkylation sites (tertiary alicyclic amines) is 1. The number of rotatable bonds is 6. The molecule has 1 aliphatic heterocycles. The maximum absolute atomic E-state index is 12.5. The molecule has 1 aromatic heterocycles. The smallest absolute Gasteiger partial charge is 0.387 e. The highest BCUT2D eigenvalue weighted by atomic mass is 19.3. The van der Waals surface area contributed by atoms with Crippen LogP contribution in [0.25, 0.3) is 0 Å². The molecule has 3 rings (SSSR count). The molecule has 26 heavy (non-hydrogen) atoms. The summed E-state index contributed by atoms with van der Waals surface area (Å²) in [5.74, 6) is 2.04. The van der Waals surface area contributed by atoms with E-state index in [1.54, 1.807) is 0 Å². The van der Waals surface area contributed by atoms with E-state index in [0.29, 0.717) is 11.7 Å². The van der Waals surface area contributed by atoms with Gasteiger partial charge in [0.2, 0.25) is 0 Å². The highest BCUT2D eigenvalue weighted by Crippen LogP contribution is 2.28. The fourth-order valence-electron chi connectivity index (χ4n) is 3.98. The third kappa shape index (κ3) is 4.61. The van der Waals surface area contributed by atoms with Gasteiger partial charge in [0.25, 0.3) is 0 Å². The van der Waals surface area contributed by atoms with Crippen molar-refractivity contribution in [2.45, 2.75) is 46.3 Å². The molecule has 2 aromatic rings. The van der Waals surface area contributed by atoms with Crippen LogP contribution >= 0.6 is 0 Å². The van der Waals surface area contributed by atoms with Crippen molar-refractivity contribution in [1.29, 1.82) is 0 Å². The second-order valence-electron chi connectivity index (χ2n) is 7.34. The maximum atomic E-state index is 12.5. The molecule has 6 heteroatoms. The third-order valence-electron chi connectivity index (χ3n) is 5.13. The molecule has 1 saturated heterocycles. The quantitative estimate of drug-likeness (QED) is 0.774. The molecule has 0 bridgehead atoms. The molecule has 142 valence electrons. The summed E-state index contributed by atoms with van der Waals surface area (Å²) in [6.07, 6.45) is 7.25. The lowest BCUT2D eigenvalue weighted by Crippen LogP contribution is -2.36. The number of piperidine rings is 1. The summed E-state index contributed by atoms with van der Waals surface area (Å²) in [4.78, 5) is 6.90. The third-order valence-corrected chi connectivity index (χ3v) is 5.13. The van der Waals surface area contributed by atoms with Crippen molar-refractivity contribution in [3.8, 4) is 5.75 Å². The number of aryl methyl sites for hydroxylation is 3. The Kier molecular flexibility index (Phi) is 5.91. The van der Waals surface area contributed by atoms with E-state index < -0.39 is 6.61 Å². The lowest BCUT2D eigenvalue weighted by molar-refractivity contribution is -0.0507. The Hall–Kier alpha value is -1.95. The minimum Gasteiger partial charge on any atom is -0.434 e. The number of nitrogens with zero attached hydrogens (tertiary/aromatic N) is 3. The van der Waals surface area contributed by atoms with Crippen molar-refractivity contribution in [2.75, 3.05) is 13.1 Å². The molecule has 0 N–H and O–H groups in total. The van der Waals surface area contributed by atoms with E-state index in [9.17, 15) is 8.78 Å². The minimum atomic E-state index is -2.78. The number of alkyl halides is 2. The largest absolute Gasteiger partial charge is 0.434 e. The molecular formula is C20H27F2N3O. The first-order chi connectivity index (χ1) is 12.4. The second kappa shape index (κ2) is 8.16. The molecule has 2 heterocycles. The monoisotopic (exact) mass is 363 g/mol. The van der Waals surface area contributed by atoms with E-state index in [2.05, 4.69) is 19.2 Å². The molecule has 1 unspecified atom stereocenters. The van der Waals surface area contributed by atoms with Crippen LogP contribution in [0.1, 0.15) is 35.4 Å².